The van der Waals surface area contributed by atoms with Crippen LogP contribution in [-0.2, 0) is 17.8 Å². The van der Waals surface area contributed by atoms with Gasteiger partial charge in [0.05, 0.1) is 24.3 Å². The summed E-state index contributed by atoms with van der Waals surface area (Å²) < 4.78 is 11.6. The van der Waals surface area contributed by atoms with Gasteiger partial charge in [-0.25, -0.2) is 5.43 Å². The molecule has 33 heavy (non-hydrogen) atoms. The highest BCUT2D eigenvalue weighted by Gasteiger charge is 2.13. The van der Waals surface area contributed by atoms with Crippen LogP contribution in [0.3, 0.4) is 0 Å². The second-order valence-electron chi connectivity index (χ2n) is 7.58. The van der Waals surface area contributed by atoms with E-state index in [-0.39, 0.29) is 12.3 Å². The fourth-order valence-electron chi connectivity index (χ4n) is 3.18. The van der Waals surface area contributed by atoms with Gasteiger partial charge in [0, 0.05) is 5.02 Å². The Morgan fingerprint density at radius 2 is 1.79 bits per heavy atom. The molecule has 172 valence electrons. The van der Waals surface area contributed by atoms with Crippen molar-refractivity contribution in [3.63, 3.8) is 0 Å². The number of aryl methyl sites for hydroxylation is 2. The number of carbonyl (C=O) groups is 1. The molecule has 0 aromatic heterocycles. The highest BCUT2D eigenvalue weighted by molar-refractivity contribution is 6.32. The molecule has 0 heterocycles. The number of amides is 1. The molecule has 0 aliphatic rings. The predicted octanol–water partition coefficient (Wildman–Crippen LogP) is 6.28. The molecular weight excluding hydrogens is 459 g/mol. The average Bonchev–Trinajstić information content (AvgIpc) is 2.77. The molecule has 1 amide bonds. The Morgan fingerprint density at radius 3 is 2.52 bits per heavy atom. The van der Waals surface area contributed by atoms with Gasteiger partial charge in [-0.05, 0) is 67.3 Å². The summed E-state index contributed by atoms with van der Waals surface area (Å²) in [5, 5.41) is 5.12. The van der Waals surface area contributed by atoms with Gasteiger partial charge in [0.1, 0.15) is 6.61 Å². The van der Waals surface area contributed by atoms with E-state index in [2.05, 4.69) is 10.5 Å². The van der Waals surface area contributed by atoms with Crippen molar-refractivity contribution in [3.8, 4) is 11.5 Å². The van der Waals surface area contributed by atoms with Crippen LogP contribution in [0.2, 0.25) is 10.0 Å². The van der Waals surface area contributed by atoms with Gasteiger partial charge in [-0.3, -0.25) is 4.79 Å². The molecule has 0 saturated carbocycles. The largest absolute Gasteiger partial charge is 0.490 e. The molecule has 5 nitrogen and oxygen atoms in total. The zero-order valence-corrected chi connectivity index (χ0v) is 20.3. The van der Waals surface area contributed by atoms with Crippen LogP contribution < -0.4 is 14.9 Å². The zero-order valence-electron chi connectivity index (χ0n) is 18.8. The number of nitrogens with zero attached hydrogens (tertiary/aromatic N) is 1. The lowest BCUT2D eigenvalue weighted by molar-refractivity contribution is -0.120. The Kier molecular flexibility index (Phi) is 8.75. The van der Waals surface area contributed by atoms with E-state index >= 15 is 0 Å². The van der Waals surface area contributed by atoms with Crippen LogP contribution in [0, 0.1) is 13.8 Å². The maximum absolute atomic E-state index is 12.3. The van der Waals surface area contributed by atoms with Crippen molar-refractivity contribution in [3.05, 3.63) is 92.5 Å². The highest BCUT2D eigenvalue weighted by atomic mass is 35.5. The molecular formula is C26H26Cl2N2O3. The first-order chi connectivity index (χ1) is 15.9. The van der Waals surface area contributed by atoms with Crippen molar-refractivity contribution in [1.82, 2.24) is 5.43 Å². The summed E-state index contributed by atoms with van der Waals surface area (Å²) in [6, 6.07) is 16.9. The van der Waals surface area contributed by atoms with Crippen molar-refractivity contribution in [2.45, 2.75) is 33.8 Å². The van der Waals surface area contributed by atoms with Gasteiger partial charge < -0.3 is 9.47 Å². The number of ether oxygens (including phenoxy) is 2. The van der Waals surface area contributed by atoms with Crippen molar-refractivity contribution in [2.24, 2.45) is 5.10 Å². The summed E-state index contributed by atoms with van der Waals surface area (Å²) in [6.45, 7) is 6.63. The maximum Gasteiger partial charge on any atom is 0.244 e. The molecule has 0 unspecified atom stereocenters. The van der Waals surface area contributed by atoms with E-state index in [1.807, 2.05) is 51.1 Å². The smallest absolute Gasteiger partial charge is 0.244 e. The third kappa shape index (κ3) is 7.24. The van der Waals surface area contributed by atoms with Crippen LogP contribution in [0.25, 0.3) is 0 Å². The van der Waals surface area contributed by atoms with Crippen LogP contribution in [0.1, 0.15) is 34.7 Å². The van der Waals surface area contributed by atoms with Gasteiger partial charge in [0.2, 0.25) is 5.91 Å². The van der Waals surface area contributed by atoms with Gasteiger partial charge in [0.15, 0.2) is 11.5 Å². The molecule has 0 spiro atoms. The van der Waals surface area contributed by atoms with Gasteiger partial charge in [-0.2, -0.15) is 5.10 Å². The normalized spacial score (nSPS) is 10.9. The Balaban J connectivity index is 1.67. The lowest BCUT2D eigenvalue weighted by Gasteiger charge is -2.14. The Labute approximate surface area is 204 Å². The number of carbonyl (C=O) groups excluding carboxylic acids is 1. The fourth-order valence-corrected chi connectivity index (χ4v) is 3.58. The Bertz CT molecular complexity index is 1150. The van der Waals surface area contributed by atoms with Crippen LogP contribution in [-0.4, -0.2) is 18.7 Å². The number of hydrazone groups is 1. The molecule has 1 N–H and O–H groups in total. The van der Waals surface area contributed by atoms with Gasteiger partial charge in [-0.1, -0.05) is 59.1 Å². The highest BCUT2D eigenvalue weighted by Crippen LogP contribution is 2.37. The van der Waals surface area contributed by atoms with E-state index < -0.39 is 0 Å². The van der Waals surface area contributed by atoms with Crippen molar-refractivity contribution in [2.75, 3.05) is 6.61 Å². The number of rotatable bonds is 9. The number of nitrogens with one attached hydrogen (secondary N) is 1. The molecule has 0 atom stereocenters. The Hall–Kier alpha value is -3.02. The third-order valence-corrected chi connectivity index (χ3v) is 5.42. The SMILES string of the molecule is CCOc1cc(/C=N/NC(=O)Cc2cc(C)ccc2C)cc(Cl)c1OCc1ccc(Cl)cc1. The number of hydrogen-bond acceptors (Lipinski definition) is 4. The van der Waals surface area contributed by atoms with E-state index in [4.69, 9.17) is 32.7 Å². The summed E-state index contributed by atoms with van der Waals surface area (Å²) in [5.41, 5.74) is 7.36. The lowest BCUT2D eigenvalue weighted by Crippen LogP contribution is -2.20. The molecule has 0 aliphatic carbocycles. The quantitative estimate of drug-likeness (QED) is 0.287. The zero-order chi connectivity index (χ0) is 23.8. The second kappa shape index (κ2) is 11.7. The predicted molar refractivity (Wildman–Crippen MR) is 134 cm³/mol. The van der Waals surface area contributed by atoms with Crippen molar-refractivity contribution >= 4 is 35.3 Å². The van der Waals surface area contributed by atoms with Gasteiger partial charge in [-0.15, -0.1) is 0 Å². The molecule has 0 saturated heterocycles. The van der Waals surface area contributed by atoms with E-state index in [1.165, 1.54) is 6.21 Å². The van der Waals surface area contributed by atoms with Crippen LogP contribution in [0.5, 0.6) is 11.5 Å². The standard InChI is InChI=1S/C26H26Cl2N2O3/c1-4-32-24-13-20(12-23(28)26(24)33-16-19-7-9-22(27)10-8-19)15-29-30-25(31)14-21-11-17(2)5-6-18(21)3/h5-13,15H,4,14,16H2,1-3H3,(H,30,31)/b29-15+. The molecule has 3 aromatic carbocycles. The summed E-state index contributed by atoms with van der Waals surface area (Å²) >= 11 is 12.4. The summed E-state index contributed by atoms with van der Waals surface area (Å²) in [5.74, 6) is 0.755. The van der Waals surface area contributed by atoms with Crippen LogP contribution in [0.4, 0.5) is 0 Å². The molecule has 0 bridgehead atoms. The van der Waals surface area contributed by atoms with Crippen LogP contribution in [0.15, 0.2) is 59.7 Å². The molecule has 7 heteroatoms. The van der Waals surface area contributed by atoms with Crippen molar-refractivity contribution < 1.29 is 14.3 Å². The first-order valence-electron chi connectivity index (χ1n) is 10.6. The molecule has 0 radical (unpaired) electrons. The van der Waals surface area contributed by atoms with E-state index in [1.54, 1.807) is 24.3 Å². The minimum absolute atomic E-state index is 0.195. The maximum atomic E-state index is 12.3. The molecule has 3 aromatic rings. The fraction of sp³-hybridized carbons (Fsp3) is 0.231. The Morgan fingerprint density at radius 1 is 1.03 bits per heavy atom. The van der Waals surface area contributed by atoms with E-state index in [0.717, 1.165) is 22.3 Å². The van der Waals surface area contributed by atoms with Crippen LogP contribution >= 0.6 is 23.2 Å². The minimum Gasteiger partial charge on any atom is -0.490 e. The topological polar surface area (TPSA) is 59.9 Å². The first-order valence-corrected chi connectivity index (χ1v) is 11.3. The summed E-state index contributed by atoms with van der Waals surface area (Å²) in [4.78, 5) is 12.3. The van der Waals surface area contributed by atoms with E-state index in [9.17, 15) is 4.79 Å². The summed E-state index contributed by atoms with van der Waals surface area (Å²) in [7, 11) is 0. The monoisotopic (exact) mass is 484 g/mol. The molecule has 0 fully saturated rings. The first kappa shape index (κ1) is 24.6. The van der Waals surface area contributed by atoms with Crippen molar-refractivity contribution in [1.29, 1.82) is 0 Å². The lowest BCUT2D eigenvalue weighted by atomic mass is 10.0. The van der Waals surface area contributed by atoms with E-state index in [0.29, 0.717) is 40.3 Å². The number of halogens is 2. The third-order valence-electron chi connectivity index (χ3n) is 4.89. The summed E-state index contributed by atoms with van der Waals surface area (Å²) in [6.07, 6.45) is 1.78. The number of hydrogen-bond donors (Lipinski definition) is 1. The minimum atomic E-state index is -0.195. The second-order valence-corrected chi connectivity index (χ2v) is 8.42. The van der Waals surface area contributed by atoms with Gasteiger partial charge >= 0.3 is 0 Å². The molecule has 3 rings (SSSR count). The van der Waals surface area contributed by atoms with Gasteiger partial charge in [0.25, 0.3) is 0 Å². The average molecular weight is 485 g/mol. The number of benzene rings is 3. The molecule has 0 aliphatic heterocycles.